The fraction of sp³-hybridized carbons (Fsp3) is 0.425. The van der Waals surface area contributed by atoms with Crippen molar-refractivity contribution < 1.29 is 28.3 Å². The average Bonchev–Trinajstić information content (AvgIpc) is 3.75. The molecule has 4 fully saturated rings. The van der Waals surface area contributed by atoms with Crippen LogP contribution in [-0.4, -0.2) is 97.8 Å². The van der Waals surface area contributed by atoms with Crippen molar-refractivity contribution in [3.05, 3.63) is 78.1 Å². The number of hydrogen-bond acceptors (Lipinski definition) is 10. The summed E-state index contributed by atoms with van der Waals surface area (Å²) in [5.41, 5.74) is 2.84. The van der Waals surface area contributed by atoms with Gasteiger partial charge >= 0.3 is 0 Å². The summed E-state index contributed by atoms with van der Waals surface area (Å²) in [6.45, 7) is 2.10. The number of likely N-dealkylation sites (N-methyl/N-ethyl adjacent to an activating group) is 1. The molecule has 16 heteroatoms. The number of halogens is 1. The van der Waals surface area contributed by atoms with Crippen molar-refractivity contribution in [3.63, 3.8) is 0 Å². The number of nitrogens with one attached hydrogen (secondary N) is 3. The minimum Gasteiger partial charge on any atom is -0.491 e. The van der Waals surface area contributed by atoms with Gasteiger partial charge in [-0.2, -0.15) is 10.2 Å². The first-order chi connectivity index (χ1) is 27.2. The zero-order chi connectivity index (χ0) is 38.5. The highest BCUT2D eigenvalue weighted by Gasteiger charge is 2.36. The molecule has 2 saturated heterocycles. The number of fused-ring (bicyclic) bond motifs is 2. The number of imide groups is 1. The second kappa shape index (κ2) is 14.6. The molecule has 5 aromatic rings. The van der Waals surface area contributed by atoms with E-state index >= 15 is 4.39 Å². The van der Waals surface area contributed by atoms with E-state index < -0.39 is 23.7 Å². The summed E-state index contributed by atoms with van der Waals surface area (Å²) in [6.07, 6.45) is 13.6. The molecule has 3 aromatic heterocycles. The zero-order valence-corrected chi connectivity index (χ0v) is 31.0. The van der Waals surface area contributed by atoms with Gasteiger partial charge in [0.2, 0.25) is 11.8 Å². The van der Waals surface area contributed by atoms with Crippen LogP contribution in [0.25, 0.3) is 16.6 Å². The molecule has 2 aromatic carbocycles. The summed E-state index contributed by atoms with van der Waals surface area (Å²) >= 11 is 0. The van der Waals surface area contributed by atoms with E-state index in [2.05, 4.69) is 53.8 Å². The summed E-state index contributed by atoms with van der Waals surface area (Å²) in [5, 5.41) is 17.9. The smallest absolute Gasteiger partial charge is 0.261 e. The first-order valence-electron chi connectivity index (χ1n) is 19.3. The number of rotatable bonds is 11. The minimum absolute atomic E-state index is 0.124. The Balaban J connectivity index is 0.804. The third kappa shape index (κ3) is 7.16. The maximum absolute atomic E-state index is 15.1. The predicted molar refractivity (Wildman–Crippen MR) is 204 cm³/mol. The number of piperidine rings is 1. The van der Waals surface area contributed by atoms with Crippen molar-refractivity contribution in [1.29, 1.82) is 0 Å². The molecule has 1 unspecified atom stereocenters. The molecule has 15 nitrogen and oxygen atoms in total. The lowest BCUT2D eigenvalue weighted by Gasteiger charge is -2.49. The number of benzene rings is 2. The van der Waals surface area contributed by atoms with Crippen LogP contribution < -0.4 is 25.6 Å². The zero-order valence-electron chi connectivity index (χ0n) is 31.0. The maximum Gasteiger partial charge on any atom is 0.261 e. The molecule has 56 heavy (non-hydrogen) atoms. The first kappa shape index (κ1) is 35.8. The van der Waals surface area contributed by atoms with E-state index in [1.54, 1.807) is 29.0 Å². The second-order valence-corrected chi connectivity index (χ2v) is 15.5. The van der Waals surface area contributed by atoms with Gasteiger partial charge in [0, 0.05) is 67.3 Å². The van der Waals surface area contributed by atoms with Crippen LogP contribution in [-0.2, 0) is 9.59 Å². The number of carbonyl (C=O) groups is 4. The van der Waals surface area contributed by atoms with E-state index in [9.17, 15) is 19.2 Å². The molecule has 2 aliphatic heterocycles. The lowest BCUT2D eigenvalue weighted by Crippen LogP contribution is -2.61. The fourth-order valence-electron chi connectivity index (χ4n) is 8.05. The SMILES string of the molecule is CN(C1CCC(n2cc3cc(NC(=O)c4cnn5cccnc45)c(OCC4CC4)cc3n2)CC1)C1CN(c2ccc(C(=O)NC3CCC(=O)NC3=O)c(F)c2)C1. The largest absolute Gasteiger partial charge is 0.491 e. The van der Waals surface area contributed by atoms with E-state index in [-0.39, 0.29) is 36.3 Å². The molecule has 0 radical (unpaired) electrons. The highest BCUT2D eigenvalue weighted by atomic mass is 19.1. The molecule has 5 heterocycles. The molecular formula is C40H43FN10O5. The Morgan fingerprint density at radius 1 is 1.00 bits per heavy atom. The molecule has 0 spiro atoms. The number of nitrogens with zero attached hydrogens (tertiary/aromatic N) is 7. The molecule has 1 atom stereocenters. The number of ether oxygens (including phenoxy) is 1. The van der Waals surface area contributed by atoms with E-state index in [1.165, 1.54) is 18.3 Å². The van der Waals surface area contributed by atoms with Gasteiger partial charge in [-0.1, -0.05) is 0 Å². The molecular weight excluding hydrogens is 720 g/mol. The Hall–Kier alpha value is -5.90. The molecule has 2 aliphatic carbocycles. The van der Waals surface area contributed by atoms with Crippen LogP contribution in [0.3, 0.4) is 0 Å². The third-order valence-corrected chi connectivity index (χ3v) is 11.7. The standard InChI is InChI=1S/C40H43FN10O5/c1-48(28-20-49(21-28)27-9-10-29(31(41)16-27)38(53)44-32-11-12-36(52)46-40(32)55)25-5-7-26(8-6-25)51-19-24-15-34(35(17-33(24)47-51)56-22-23-3-4-23)45-39(54)30-18-43-50-14-2-13-42-37(30)50/h2,9-10,13-19,23,25-26,28,32H,3-8,11-12,20-22H2,1H3,(H,44,53)(H,45,54)(H,46,52,55). The Morgan fingerprint density at radius 2 is 1.82 bits per heavy atom. The minimum atomic E-state index is -0.868. The molecule has 3 N–H and O–H groups in total. The van der Waals surface area contributed by atoms with Gasteiger partial charge in [0.1, 0.15) is 23.2 Å². The van der Waals surface area contributed by atoms with Gasteiger partial charge in [-0.3, -0.25) is 34.1 Å². The number of amides is 4. The van der Waals surface area contributed by atoms with Crippen LogP contribution in [0.4, 0.5) is 15.8 Å². The maximum atomic E-state index is 15.1. The lowest BCUT2D eigenvalue weighted by molar-refractivity contribution is -0.134. The lowest BCUT2D eigenvalue weighted by atomic mass is 9.89. The molecule has 4 aliphatic rings. The van der Waals surface area contributed by atoms with Gasteiger partial charge < -0.3 is 20.3 Å². The quantitative estimate of drug-likeness (QED) is 0.167. The van der Waals surface area contributed by atoms with Crippen LogP contribution in [0.15, 0.2) is 61.2 Å². The second-order valence-electron chi connectivity index (χ2n) is 15.5. The predicted octanol–water partition coefficient (Wildman–Crippen LogP) is 4.10. The summed E-state index contributed by atoms with van der Waals surface area (Å²) in [6, 6.07) is 10.3. The Labute approximate surface area is 321 Å². The van der Waals surface area contributed by atoms with Crippen molar-refractivity contribution in [2.24, 2.45) is 5.92 Å². The van der Waals surface area contributed by atoms with Crippen LogP contribution in [0, 0.1) is 11.7 Å². The first-order valence-corrected chi connectivity index (χ1v) is 19.3. The van der Waals surface area contributed by atoms with Gasteiger partial charge in [0.25, 0.3) is 11.8 Å². The van der Waals surface area contributed by atoms with Gasteiger partial charge in [-0.15, -0.1) is 0 Å². The Bertz CT molecular complexity index is 2340. The van der Waals surface area contributed by atoms with Crippen LogP contribution in [0.1, 0.15) is 78.1 Å². The summed E-state index contributed by atoms with van der Waals surface area (Å²) in [4.78, 5) is 58.4. The van der Waals surface area contributed by atoms with Crippen molar-refractivity contribution in [2.75, 3.05) is 37.0 Å². The highest BCUT2D eigenvalue weighted by molar-refractivity contribution is 6.09. The van der Waals surface area contributed by atoms with Crippen LogP contribution in [0.2, 0.25) is 0 Å². The Kier molecular flexibility index (Phi) is 9.35. The number of aromatic nitrogens is 5. The van der Waals surface area contributed by atoms with Crippen LogP contribution in [0.5, 0.6) is 5.75 Å². The van der Waals surface area contributed by atoms with Crippen LogP contribution >= 0.6 is 0 Å². The highest BCUT2D eigenvalue weighted by Crippen LogP contribution is 2.37. The normalized spacial score (nSPS) is 21.6. The van der Waals surface area contributed by atoms with Gasteiger partial charge in [0.15, 0.2) is 5.65 Å². The van der Waals surface area contributed by atoms with Crippen molar-refractivity contribution >= 4 is 51.6 Å². The summed E-state index contributed by atoms with van der Waals surface area (Å²) in [5.74, 6) is -1.47. The van der Waals surface area contributed by atoms with E-state index in [0.29, 0.717) is 52.9 Å². The van der Waals surface area contributed by atoms with Gasteiger partial charge in [-0.05, 0) is 88.2 Å². The summed E-state index contributed by atoms with van der Waals surface area (Å²) < 4.78 is 25.0. The van der Waals surface area contributed by atoms with Crippen molar-refractivity contribution in [3.8, 4) is 5.75 Å². The number of anilines is 2. The average molecular weight is 763 g/mol. The molecule has 4 amide bonds. The third-order valence-electron chi connectivity index (χ3n) is 11.7. The van der Waals surface area contributed by atoms with E-state index in [1.807, 2.05) is 12.1 Å². The van der Waals surface area contributed by atoms with E-state index in [0.717, 1.165) is 62.5 Å². The number of hydrogen-bond donors (Lipinski definition) is 3. The molecule has 9 rings (SSSR count). The fourth-order valence-corrected chi connectivity index (χ4v) is 8.05. The van der Waals surface area contributed by atoms with Gasteiger partial charge in [0.05, 0.1) is 35.6 Å². The Morgan fingerprint density at radius 3 is 2.59 bits per heavy atom. The van der Waals surface area contributed by atoms with Crippen molar-refractivity contribution in [1.82, 2.24) is 39.9 Å². The van der Waals surface area contributed by atoms with Gasteiger partial charge in [-0.25, -0.2) is 13.9 Å². The monoisotopic (exact) mass is 762 g/mol. The van der Waals surface area contributed by atoms with Crippen molar-refractivity contribution in [2.45, 2.75) is 75.5 Å². The molecule has 290 valence electrons. The molecule has 0 bridgehead atoms. The molecule has 2 saturated carbocycles. The summed E-state index contributed by atoms with van der Waals surface area (Å²) in [7, 11) is 2.17. The number of carbonyl (C=O) groups excluding carboxylic acids is 4. The topological polar surface area (TPSA) is 168 Å². The van der Waals surface area contributed by atoms with E-state index in [4.69, 9.17) is 9.84 Å².